The molecule has 0 saturated heterocycles. The van der Waals surface area contributed by atoms with Crippen molar-refractivity contribution in [3.63, 3.8) is 0 Å². The molecule has 68 heavy (non-hydrogen) atoms. The van der Waals surface area contributed by atoms with Crippen molar-refractivity contribution in [2.75, 3.05) is 13.2 Å². The molecule has 6 heteroatoms. The van der Waals surface area contributed by atoms with Crippen LogP contribution in [0.3, 0.4) is 0 Å². The molecule has 0 aromatic carbocycles. The number of esters is 3. The normalized spacial score (nSPS) is 12.9. The maximum atomic E-state index is 12.9. The van der Waals surface area contributed by atoms with E-state index in [0.717, 1.165) is 103 Å². The molecule has 0 heterocycles. The zero-order valence-electron chi connectivity index (χ0n) is 44.1. The molecule has 0 rings (SSSR count). The Bertz CT molecular complexity index is 1410. The monoisotopic (exact) mass is 943 g/mol. The van der Waals surface area contributed by atoms with Crippen LogP contribution in [0.5, 0.6) is 0 Å². The highest BCUT2D eigenvalue weighted by molar-refractivity contribution is 5.71. The first kappa shape index (κ1) is 64.1. The van der Waals surface area contributed by atoms with Gasteiger partial charge in [-0.15, -0.1) is 0 Å². The Morgan fingerprint density at radius 2 is 0.647 bits per heavy atom. The summed E-state index contributed by atoms with van der Waals surface area (Å²) < 4.78 is 16.8. The standard InChI is InChI=1S/C62H102O6/c1-4-7-10-13-16-19-22-25-28-31-34-37-40-43-46-49-52-55-61(64)67-58-59(57-66-60(63)54-51-48-45-42-39-36-33-30-27-24-21-18-15-12-9-6-3)68-62(65)56-53-50-47-44-41-38-35-32-29-26-23-20-17-14-11-8-5-2/h7,9-10,12-13,16,18-19,21-22,25,27-28,30-31,34,37,40,59H,4-6,8,11,14-15,17,20,23-24,26,29,32-33,35-36,38-39,41-58H2,1-3H3/b10-7-,12-9-,16-13-,21-18-,22-19-,28-25-,30-27-,34-31+,40-37-. The second kappa shape index (κ2) is 55.7. The Labute approximate surface area is 419 Å². The van der Waals surface area contributed by atoms with Gasteiger partial charge in [-0.05, 0) is 70.6 Å². The van der Waals surface area contributed by atoms with Crippen LogP contribution >= 0.6 is 0 Å². The van der Waals surface area contributed by atoms with Crippen molar-refractivity contribution in [2.45, 2.75) is 252 Å². The molecule has 0 amide bonds. The Hall–Kier alpha value is -3.93. The summed E-state index contributed by atoms with van der Waals surface area (Å²) in [5.74, 6) is -0.953. The molecule has 1 atom stereocenters. The van der Waals surface area contributed by atoms with E-state index in [9.17, 15) is 14.4 Å². The van der Waals surface area contributed by atoms with Gasteiger partial charge >= 0.3 is 17.9 Å². The molecular weight excluding hydrogens is 841 g/mol. The highest BCUT2D eigenvalue weighted by atomic mass is 16.6. The zero-order chi connectivity index (χ0) is 49.3. The molecule has 0 spiro atoms. The SMILES string of the molecule is CC\C=C/C=C\C=C/C=C\C=C\C=C/CCCCCC(=O)OCC(COC(=O)CCCCCCCC/C=C\C/C=C\C/C=C\CC)OC(=O)CCCCCCCCCCCCCCCCCCC. The van der Waals surface area contributed by atoms with Crippen LogP contribution in [0.4, 0.5) is 0 Å². The van der Waals surface area contributed by atoms with Crippen molar-refractivity contribution in [3.05, 3.63) is 109 Å². The fourth-order valence-corrected chi connectivity index (χ4v) is 7.55. The molecule has 1 unspecified atom stereocenters. The maximum Gasteiger partial charge on any atom is 0.306 e. The predicted octanol–water partition coefficient (Wildman–Crippen LogP) is 18.7. The van der Waals surface area contributed by atoms with Gasteiger partial charge in [-0.3, -0.25) is 14.4 Å². The summed E-state index contributed by atoms with van der Waals surface area (Å²) in [7, 11) is 0. The van der Waals surface area contributed by atoms with Crippen molar-refractivity contribution < 1.29 is 28.6 Å². The highest BCUT2D eigenvalue weighted by Gasteiger charge is 2.19. The lowest BCUT2D eigenvalue weighted by molar-refractivity contribution is -0.167. The van der Waals surface area contributed by atoms with Crippen molar-refractivity contribution in [3.8, 4) is 0 Å². The van der Waals surface area contributed by atoms with Crippen molar-refractivity contribution in [1.82, 2.24) is 0 Å². The van der Waals surface area contributed by atoms with Gasteiger partial charge in [0.1, 0.15) is 13.2 Å². The minimum Gasteiger partial charge on any atom is -0.462 e. The maximum absolute atomic E-state index is 12.9. The van der Waals surface area contributed by atoms with Gasteiger partial charge in [0.15, 0.2) is 6.10 Å². The zero-order valence-corrected chi connectivity index (χ0v) is 44.1. The molecule has 0 fully saturated rings. The molecule has 0 bridgehead atoms. The third-order valence-electron chi connectivity index (χ3n) is 11.7. The van der Waals surface area contributed by atoms with E-state index in [4.69, 9.17) is 14.2 Å². The summed E-state index contributed by atoms with van der Waals surface area (Å²) in [6, 6.07) is 0. The smallest absolute Gasteiger partial charge is 0.306 e. The van der Waals surface area contributed by atoms with Crippen LogP contribution < -0.4 is 0 Å². The van der Waals surface area contributed by atoms with E-state index < -0.39 is 6.10 Å². The lowest BCUT2D eigenvalue weighted by Crippen LogP contribution is -2.30. The number of allylic oxidation sites excluding steroid dienone is 18. The van der Waals surface area contributed by atoms with Crippen molar-refractivity contribution >= 4 is 17.9 Å². The number of rotatable bonds is 49. The number of carbonyl (C=O) groups excluding carboxylic acids is 3. The quantitative estimate of drug-likeness (QED) is 0.0199. The molecule has 0 N–H and O–H groups in total. The predicted molar refractivity (Wildman–Crippen MR) is 293 cm³/mol. The third-order valence-corrected chi connectivity index (χ3v) is 11.7. The number of hydrogen-bond donors (Lipinski definition) is 0. The van der Waals surface area contributed by atoms with E-state index in [1.165, 1.54) is 103 Å². The Morgan fingerprint density at radius 3 is 1.09 bits per heavy atom. The van der Waals surface area contributed by atoms with Crippen molar-refractivity contribution in [2.24, 2.45) is 0 Å². The molecule has 0 saturated carbocycles. The fourth-order valence-electron chi connectivity index (χ4n) is 7.55. The second-order valence-corrected chi connectivity index (χ2v) is 18.2. The van der Waals surface area contributed by atoms with E-state index in [1.54, 1.807) is 0 Å². The molecule has 386 valence electrons. The first-order valence-corrected chi connectivity index (χ1v) is 28.0. The molecule has 0 aliphatic carbocycles. The highest BCUT2D eigenvalue weighted by Crippen LogP contribution is 2.16. The van der Waals surface area contributed by atoms with Crippen LogP contribution in [-0.4, -0.2) is 37.2 Å². The second-order valence-electron chi connectivity index (χ2n) is 18.2. The molecule has 0 aromatic heterocycles. The largest absolute Gasteiger partial charge is 0.462 e. The van der Waals surface area contributed by atoms with Crippen LogP contribution in [0, 0.1) is 0 Å². The minimum atomic E-state index is -0.803. The van der Waals surface area contributed by atoms with Gasteiger partial charge in [-0.2, -0.15) is 0 Å². The molecule has 0 aromatic rings. The van der Waals surface area contributed by atoms with Gasteiger partial charge in [-0.1, -0.05) is 265 Å². The van der Waals surface area contributed by atoms with Gasteiger partial charge in [0, 0.05) is 19.3 Å². The van der Waals surface area contributed by atoms with E-state index >= 15 is 0 Å². The van der Waals surface area contributed by atoms with E-state index in [1.807, 2.05) is 60.8 Å². The number of carbonyl (C=O) groups is 3. The average molecular weight is 943 g/mol. The van der Waals surface area contributed by atoms with Gasteiger partial charge in [0.2, 0.25) is 0 Å². The third kappa shape index (κ3) is 53.0. The first-order chi connectivity index (χ1) is 33.5. The molecule has 0 radical (unpaired) electrons. The summed E-state index contributed by atoms with van der Waals surface area (Å²) in [6.07, 6.45) is 75.0. The number of ether oxygens (including phenoxy) is 3. The molecular formula is C62H102O6. The summed E-state index contributed by atoms with van der Waals surface area (Å²) in [5, 5.41) is 0. The number of unbranched alkanes of at least 4 members (excludes halogenated alkanes) is 25. The van der Waals surface area contributed by atoms with Crippen molar-refractivity contribution in [1.29, 1.82) is 0 Å². The van der Waals surface area contributed by atoms with E-state index in [2.05, 4.69) is 69.4 Å². The summed E-state index contributed by atoms with van der Waals surface area (Å²) >= 11 is 0. The van der Waals surface area contributed by atoms with Gasteiger partial charge in [0.05, 0.1) is 0 Å². The summed E-state index contributed by atoms with van der Waals surface area (Å²) in [6.45, 7) is 6.34. The summed E-state index contributed by atoms with van der Waals surface area (Å²) in [5.41, 5.74) is 0. The molecule has 0 aliphatic heterocycles. The van der Waals surface area contributed by atoms with Crippen LogP contribution in [0.2, 0.25) is 0 Å². The van der Waals surface area contributed by atoms with Crippen LogP contribution in [0.15, 0.2) is 109 Å². The van der Waals surface area contributed by atoms with E-state index in [-0.39, 0.29) is 31.1 Å². The van der Waals surface area contributed by atoms with Gasteiger partial charge in [0.25, 0.3) is 0 Å². The summed E-state index contributed by atoms with van der Waals surface area (Å²) in [4.78, 5) is 38.1. The molecule has 0 aliphatic rings. The molecule has 6 nitrogen and oxygen atoms in total. The topological polar surface area (TPSA) is 78.9 Å². The lowest BCUT2D eigenvalue weighted by atomic mass is 10.0. The lowest BCUT2D eigenvalue weighted by Gasteiger charge is -2.18. The van der Waals surface area contributed by atoms with Crippen LogP contribution in [0.25, 0.3) is 0 Å². The van der Waals surface area contributed by atoms with Gasteiger partial charge < -0.3 is 14.2 Å². The fraction of sp³-hybridized carbons (Fsp3) is 0.661. The van der Waals surface area contributed by atoms with Gasteiger partial charge in [-0.25, -0.2) is 0 Å². The Balaban J connectivity index is 4.49. The average Bonchev–Trinajstić information content (AvgIpc) is 3.34. The van der Waals surface area contributed by atoms with Crippen LogP contribution in [0.1, 0.15) is 245 Å². The Morgan fingerprint density at radius 1 is 0.324 bits per heavy atom. The number of hydrogen-bond acceptors (Lipinski definition) is 6. The minimum absolute atomic E-state index is 0.0995. The first-order valence-electron chi connectivity index (χ1n) is 28.0. The Kier molecular flexibility index (Phi) is 52.4. The van der Waals surface area contributed by atoms with Crippen LogP contribution in [-0.2, 0) is 28.6 Å². The van der Waals surface area contributed by atoms with E-state index in [0.29, 0.717) is 19.3 Å².